The SMILES string of the molecule is Cc1cc(C(=O)N2CCCCCC2)ccc1[N+](=O)[O-]. The number of amides is 1. The number of rotatable bonds is 2. The summed E-state index contributed by atoms with van der Waals surface area (Å²) in [5.74, 6) is -0.0140. The number of hydrogen-bond donors (Lipinski definition) is 0. The summed E-state index contributed by atoms with van der Waals surface area (Å²) in [6.07, 6.45) is 4.42. The predicted molar refractivity (Wildman–Crippen MR) is 72.2 cm³/mol. The summed E-state index contributed by atoms with van der Waals surface area (Å²) < 4.78 is 0. The van der Waals surface area contributed by atoms with E-state index in [0.29, 0.717) is 11.1 Å². The topological polar surface area (TPSA) is 63.5 Å². The van der Waals surface area contributed by atoms with Gasteiger partial charge >= 0.3 is 0 Å². The van der Waals surface area contributed by atoms with Crippen molar-refractivity contribution in [1.29, 1.82) is 0 Å². The van der Waals surface area contributed by atoms with Gasteiger partial charge in [0.1, 0.15) is 0 Å². The van der Waals surface area contributed by atoms with Crippen molar-refractivity contribution < 1.29 is 9.72 Å². The standard InChI is InChI=1S/C14H18N2O3/c1-11-10-12(6-7-13(11)16(18)19)14(17)15-8-4-2-3-5-9-15/h6-7,10H,2-5,8-9H2,1H3. The minimum Gasteiger partial charge on any atom is -0.339 e. The third-order valence-electron chi connectivity index (χ3n) is 3.53. The van der Waals surface area contributed by atoms with E-state index < -0.39 is 4.92 Å². The zero-order valence-electron chi connectivity index (χ0n) is 11.1. The molecule has 1 heterocycles. The Kier molecular flexibility index (Phi) is 4.14. The van der Waals surface area contributed by atoms with Crippen molar-refractivity contribution in [3.05, 3.63) is 39.4 Å². The minimum absolute atomic E-state index is 0.0140. The second-order valence-electron chi connectivity index (χ2n) is 4.96. The van der Waals surface area contributed by atoms with Crippen molar-refractivity contribution in [2.75, 3.05) is 13.1 Å². The van der Waals surface area contributed by atoms with Crippen LogP contribution in [0.3, 0.4) is 0 Å². The molecule has 1 aliphatic rings. The Morgan fingerprint density at radius 2 is 1.84 bits per heavy atom. The fourth-order valence-electron chi connectivity index (χ4n) is 2.45. The van der Waals surface area contributed by atoms with Gasteiger partial charge in [0.25, 0.3) is 11.6 Å². The maximum Gasteiger partial charge on any atom is 0.272 e. The molecule has 0 bridgehead atoms. The molecule has 2 rings (SSSR count). The highest BCUT2D eigenvalue weighted by Gasteiger charge is 2.19. The Morgan fingerprint density at radius 3 is 2.37 bits per heavy atom. The summed E-state index contributed by atoms with van der Waals surface area (Å²) in [4.78, 5) is 24.5. The number of likely N-dealkylation sites (tertiary alicyclic amines) is 1. The Balaban J connectivity index is 2.19. The summed E-state index contributed by atoms with van der Waals surface area (Å²) in [6, 6.07) is 4.59. The second-order valence-corrected chi connectivity index (χ2v) is 4.96. The second kappa shape index (κ2) is 5.82. The summed E-state index contributed by atoms with van der Waals surface area (Å²) in [6.45, 7) is 3.24. The molecule has 102 valence electrons. The molecule has 0 atom stereocenters. The van der Waals surface area contributed by atoms with Crippen molar-refractivity contribution in [3.8, 4) is 0 Å². The van der Waals surface area contributed by atoms with Crippen LogP contribution in [0.4, 0.5) is 5.69 Å². The van der Waals surface area contributed by atoms with Gasteiger partial charge in [0.2, 0.25) is 0 Å². The normalized spacial score (nSPS) is 15.9. The van der Waals surface area contributed by atoms with Gasteiger partial charge in [-0.15, -0.1) is 0 Å². The number of hydrogen-bond acceptors (Lipinski definition) is 3. The van der Waals surface area contributed by atoms with Crippen molar-refractivity contribution in [2.45, 2.75) is 32.6 Å². The van der Waals surface area contributed by atoms with E-state index in [2.05, 4.69) is 0 Å². The summed E-state index contributed by atoms with van der Waals surface area (Å²) in [5, 5.41) is 10.8. The van der Waals surface area contributed by atoms with E-state index in [0.717, 1.165) is 25.9 Å². The number of benzene rings is 1. The van der Waals surface area contributed by atoms with Crippen LogP contribution in [-0.2, 0) is 0 Å². The maximum atomic E-state index is 12.3. The van der Waals surface area contributed by atoms with Crippen LogP contribution in [0.5, 0.6) is 0 Å². The Labute approximate surface area is 112 Å². The highest BCUT2D eigenvalue weighted by atomic mass is 16.6. The molecule has 0 aromatic heterocycles. The molecule has 5 nitrogen and oxygen atoms in total. The molecule has 19 heavy (non-hydrogen) atoms. The highest BCUT2D eigenvalue weighted by Crippen LogP contribution is 2.20. The van der Waals surface area contributed by atoms with Crippen LogP contribution < -0.4 is 0 Å². The number of aryl methyl sites for hydroxylation is 1. The van der Waals surface area contributed by atoms with Gasteiger partial charge in [0, 0.05) is 30.3 Å². The lowest BCUT2D eigenvalue weighted by molar-refractivity contribution is -0.385. The smallest absolute Gasteiger partial charge is 0.272 e. The Hall–Kier alpha value is -1.91. The average Bonchev–Trinajstić information content (AvgIpc) is 2.66. The van der Waals surface area contributed by atoms with Gasteiger partial charge in [-0.2, -0.15) is 0 Å². The first-order chi connectivity index (χ1) is 9.09. The molecule has 0 saturated carbocycles. The van der Waals surface area contributed by atoms with Gasteiger partial charge in [0.15, 0.2) is 0 Å². The van der Waals surface area contributed by atoms with Crippen LogP contribution in [0.2, 0.25) is 0 Å². The number of carbonyl (C=O) groups excluding carboxylic acids is 1. The molecule has 0 unspecified atom stereocenters. The van der Waals surface area contributed by atoms with Crippen molar-refractivity contribution >= 4 is 11.6 Å². The molecule has 1 saturated heterocycles. The minimum atomic E-state index is -0.421. The molecule has 1 aromatic carbocycles. The van der Waals surface area contributed by atoms with E-state index in [1.807, 2.05) is 4.90 Å². The first kappa shape index (κ1) is 13.5. The van der Waals surface area contributed by atoms with E-state index >= 15 is 0 Å². The van der Waals surface area contributed by atoms with E-state index in [9.17, 15) is 14.9 Å². The molecule has 0 N–H and O–H groups in total. The molecule has 0 spiro atoms. The molecule has 0 radical (unpaired) electrons. The summed E-state index contributed by atoms with van der Waals surface area (Å²) in [7, 11) is 0. The quantitative estimate of drug-likeness (QED) is 0.608. The van der Waals surface area contributed by atoms with E-state index in [-0.39, 0.29) is 11.6 Å². The zero-order valence-corrected chi connectivity index (χ0v) is 11.1. The van der Waals surface area contributed by atoms with Gasteiger partial charge in [-0.05, 0) is 31.9 Å². The third kappa shape index (κ3) is 3.10. The number of nitrogens with zero attached hydrogens (tertiary/aromatic N) is 2. The van der Waals surface area contributed by atoms with Gasteiger partial charge in [-0.1, -0.05) is 12.8 Å². The van der Waals surface area contributed by atoms with Gasteiger partial charge in [-0.3, -0.25) is 14.9 Å². The van der Waals surface area contributed by atoms with E-state index in [4.69, 9.17) is 0 Å². The molecule has 1 aromatic rings. The number of nitro groups is 1. The third-order valence-corrected chi connectivity index (χ3v) is 3.53. The molecule has 1 amide bonds. The summed E-state index contributed by atoms with van der Waals surface area (Å²) >= 11 is 0. The van der Waals surface area contributed by atoms with Crippen molar-refractivity contribution in [2.24, 2.45) is 0 Å². The Bertz CT molecular complexity index is 491. The van der Waals surface area contributed by atoms with Crippen LogP contribution >= 0.6 is 0 Å². The van der Waals surface area contributed by atoms with Crippen molar-refractivity contribution in [1.82, 2.24) is 4.90 Å². The number of carbonyl (C=O) groups is 1. The van der Waals surface area contributed by atoms with Crippen LogP contribution in [0.1, 0.15) is 41.6 Å². The maximum absolute atomic E-state index is 12.3. The van der Waals surface area contributed by atoms with Crippen LogP contribution in [0.15, 0.2) is 18.2 Å². The Morgan fingerprint density at radius 1 is 1.21 bits per heavy atom. The van der Waals surface area contributed by atoms with Crippen LogP contribution in [0.25, 0.3) is 0 Å². The van der Waals surface area contributed by atoms with Gasteiger partial charge < -0.3 is 4.90 Å². The van der Waals surface area contributed by atoms with Crippen LogP contribution in [-0.4, -0.2) is 28.8 Å². The lowest BCUT2D eigenvalue weighted by atomic mass is 10.1. The fourth-order valence-corrected chi connectivity index (χ4v) is 2.45. The highest BCUT2D eigenvalue weighted by molar-refractivity contribution is 5.94. The lowest BCUT2D eigenvalue weighted by Gasteiger charge is -2.20. The molecule has 1 fully saturated rings. The monoisotopic (exact) mass is 262 g/mol. The van der Waals surface area contributed by atoms with E-state index in [1.165, 1.54) is 18.9 Å². The molecular formula is C14H18N2O3. The molecule has 1 aliphatic heterocycles. The lowest BCUT2D eigenvalue weighted by Crippen LogP contribution is -2.31. The number of nitro benzene ring substituents is 1. The first-order valence-corrected chi connectivity index (χ1v) is 6.64. The predicted octanol–water partition coefficient (Wildman–Crippen LogP) is 2.92. The average molecular weight is 262 g/mol. The van der Waals surface area contributed by atoms with Crippen molar-refractivity contribution in [3.63, 3.8) is 0 Å². The first-order valence-electron chi connectivity index (χ1n) is 6.64. The fraction of sp³-hybridized carbons (Fsp3) is 0.500. The van der Waals surface area contributed by atoms with Crippen LogP contribution in [0, 0.1) is 17.0 Å². The largest absolute Gasteiger partial charge is 0.339 e. The van der Waals surface area contributed by atoms with Gasteiger partial charge in [0.05, 0.1) is 4.92 Å². The molecule has 0 aliphatic carbocycles. The van der Waals surface area contributed by atoms with Gasteiger partial charge in [-0.25, -0.2) is 0 Å². The van der Waals surface area contributed by atoms with E-state index in [1.54, 1.807) is 19.1 Å². The zero-order chi connectivity index (χ0) is 13.8. The molecular weight excluding hydrogens is 244 g/mol. The summed E-state index contributed by atoms with van der Waals surface area (Å²) in [5.41, 5.74) is 1.14. The molecule has 5 heteroatoms.